The van der Waals surface area contributed by atoms with Crippen LogP contribution in [0.4, 0.5) is 5.69 Å². The second-order valence-corrected chi connectivity index (χ2v) is 7.09. The van der Waals surface area contributed by atoms with Gasteiger partial charge in [-0.1, -0.05) is 41.9 Å². The summed E-state index contributed by atoms with van der Waals surface area (Å²) in [6, 6.07) is 19.6. The number of carbonyl (C=O) groups excluding carboxylic acids is 2. The molecular weight excluding hydrogens is 386 g/mol. The lowest BCUT2D eigenvalue weighted by molar-refractivity contribution is -0.118. The molecule has 2 aromatic carbocycles. The topological polar surface area (TPSA) is 62.6 Å². The van der Waals surface area contributed by atoms with E-state index in [1.165, 1.54) is 4.90 Å². The van der Waals surface area contributed by atoms with Crippen molar-refractivity contribution in [3.8, 4) is 0 Å². The normalized spacial score (nSPS) is 16.3. The highest BCUT2D eigenvalue weighted by molar-refractivity contribution is 6.32. The molecule has 5 nitrogen and oxygen atoms in total. The first-order valence-electron chi connectivity index (χ1n) is 9.28. The zero-order valence-corrected chi connectivity index (χ0v) is 16.3. The molecule has 3 aromatic rings. The molecule has 1 atom stereocenters. The van der Waals surface area contributed by atoms with Crippen LogP contribution in [0.15, 0.2) is 77.9 Å². The van der Waals surface area contributed by atoms with Crippen LogP contribution in [-0.4, -0.2) is 29.6 Å². The quantitative estimate of drug-likeness (QED) is 0.470. The van der Waals surface area contributed by atoms with Gasteiger partial charge >= 0.3 is 0 Å². The van der Waals surface area contributed by atoms with Gasteiger partial charge in [-0.3, -0.25) is 19.6 Å². The van der Waals surface area contributed by atoms with Gasteiger partial charge in [0.1, 0.15) is 0 Å². The molecular formula is C23H18ClN3O2. The predicted molar refractivity (Wildman–Crippen MR) is 114 cm³/mol. The van der Waals surface area contributed by atoms with Crippen molar-refractivity contribution in [1.82, 2.24) is 4.98 Å². The number of nitrogens with zero attached hydrogens (tertiary/aromatic N) is 3. The maximum Gasteiger partial charge on any atom is 0.265 e. The summed E-state index contributed by atoms with van der Waals surface area (Å²) in [6.45, 7) is 0.508. The highest BCUT2D eigenvalue weighted by atomic mass is 35.5. The van der Waals surface area contributed by atoms with Gasteiger partial charge in [-0.25, -0.2) is 4.90 Å². The number of anilines is 1. The van der Waals surface area contributed by atoms with Gasteiger partial charge in [0.2, 0.25) is 5.91 Å². The van der Waals surface area contributed by atoms with Crippen molar-refractivity contribution in [1.29, 1.82) is 0 Å². The van der Waals surface area contributed by atoms with Crippen LogP contribution in [-0.2, 0) is 11.2 Å². The molecule has 0 N–H and O–H groups in total. The number of hydrogen-bond donors (Lipinski definition) is 0. The average Bonchev–Trinajstić information content (AvgIpc) is 2.74. The third-order valence-corrected chi connectivity index (χ3v) is 4.99. The van der Waals surface area contributed by atoms with E-state index < -0.39 is 5.92 Å². The van der Waals surface area contributed by atoms with Crippen LogP contribution in [0, 0.1) is 0 Å². The Balaban J connectivity index is 1.63. The Bertz CT molecular complexity index is 1080. The number of aliphatic imine (C=N–C) groups is 1. The van der Waals surface area contributed by atoms with Crippen molar-refractivity contribution in [2.75, 3.05) is 11.4 Å². The Morgan fingerprint density at radius 2 is 1.86 bits per heavy atom. The minimum atomic E-state index is -0.633. The molecule has 0 fully saturated rings. The standard InChI is InChI=1S/C23H18ClN3O2/c24-16-6-5-8-18(14-16)27-22(28)20-10-2-1-9-19(20)21(23(27)29)15-25-13-11-17-7-3-4-12-26-17/h1-10,12,14-15,21H,11,13H2/t21-/m1/s1. The lowest BCUT2D eigenvalue weighted by Crippen LogP contribution is -2.45. The van der Waals surface area contributed by atoms with E-state index in [2.05, 4.69) is 9.98 Å². The fourth-order valence-electron chi connectivity index (χ4n) is 3.36. The van der Waals surface area contributed by atoms with Crippen LogP contribution in [0.2, 0.25) is 5.02 Å². The van der Waals surface area contributed by atoms with Gasteiger partial charge in [0.05, 0.1) is 11.6 Å². The van der Waals surface area contributed by atoms with Gasteiger partial charge in [-0.15, -0.1) is 0 Å². The molecule has 1 aromatic heterocycles. The fraction of sp³-hybridized carbons (Fsp3) is 0.130. The highest BCUT2D eigenvalue weighted by Crippen LogP contribution is 2.32. The first-order valence-corrected chi connectivity index (χ1v) is 9.65. The van der Waals surface area contributed by atoms with E-state index >= 15 is 0 Å². The van der Waals surface area contributed by atoms with Gasteiger partial charge in [-0.05, 0) is 42.0 Å². The first kappa shape index (κ1) is 19.0. The minimum absolute atomic E-state index is 0.336. The van der Waals surface area contributed by atoms with Gasteiger partial charge < -0.3 is 0 Å². The predicted octanol–water partition coefficient (Wildman–Crippen LogP) is 4.32. The molecule has 144 valence electrons. The summed E-state index contributed by atoms with van der Waals surface area (Å²) in [5.41, 5.74) is 2.56. The van der Waals surface area contributed by atoms with E-state index in [4.69, 9.17) is 11.6 Å². The van der Waals surface area contributed by atoms with Crippen molar-refractivity contribution in [2.24, 2.45) is 4.99 Å². The summed E-state index contributed by atoms with van der Waals surface area (Å²) in [5.74, 6) is -1.32. The summed E-state index contributed by atoms with van der Waals surface area (Å²) in [4.78, 5) is 36.2. The molecule has 0 saturated carbocycles. The molecule has 1 aliphatic rings. The average molecular weight is 404 g/mol. The highest BCUT2D eigenvalue weighted by Gasteiger charge is 2.38. The molecule has 2 amide bonds. The number of amides is 2. The lowest BCUT2D eigenvalue weighted by Gasteiger charge is -2.31. The minimum Gasteiger partial charge on any atom is -0.296 e. The van der Waals surface area contributed by atoms with Crippen LogP contribution in [0.3, 0.4) is 0 Å². The summed E-state index contributed by atoms with van der Waals surface area (Å²) in [5, 5.41) is 0.461. The Morgan fingerprint density at radius 1 is 1.03 bits per heavy atom. The molecule has 0 saturated heterocycles. The third kappa shape index (κ3) is 3.96. The number of halogens is 1. The molecule has 29 heavy (non-hydrogen) atoms. The van der Waals surface area contributed by atoms with E-state index in [-0.39, 0.29) is 11.8 Å². The van der Waals surface area contributed by atoms with Gasteiger partial charge in [0.25, 0.3) is 5.91 Å². The molecule has 0 bridgehead atoms. The SMILES string of the molecule is O=C1c2ccccc2[C@@H](C=NCCc2ccccn2)C(=O)N1c1cccc(Cl)c1. The molecule has 4 rings (SSSR count). The third-order valence-electron chi connectivity index (χ3n) is 4.76. The van der Waals surface area contributed by atoms with Gasteiger partial charge in [0, 0.05) is 41.7 Å². The lowest BCUT2D eigenvalue weighted by atomic mass is 9.89. The largest absolute Gasteiger partial charge is 0.296 e. The molecule has 0 unspecified atom stereocenters. The molecule has 1 aliphatic heterocycles. The van der Waals surface area contributed by atoms with E-state index in [1.807, 2.05) is 24.3 Å². The number of carbonyl (C=O) groups is 2. The van der Waals surface area contributed by atoms with E-state index in [9.17, 15) is 9.59 Å². The first-order chi connectivity index (χ1) is 14.1. The molecule has 2 heterocycles. The maximum atomic E-state index is 13.2. The second kappa shape index (κ2) is 8.37. The monoisotopic (exact) mass is 403 g/mol. The summed E-state index contributed by atoms with van der Waals surface area (Å²) in [6.07, 6.45) is 4.05. The number of aromatic nitrogens is 1. The van der Waals surface area contributed by atoms with Gasteiger partial charge in [-0.2, -0.15) is 0 Å². The van der Waals surface area contributed by atoms with Crippen LogP contribution >= 0.6 is 11.6 Å². The van der Waals surface area contributed by atoms with Crippen LogP contribution in [0.1, 0.15) is 27.5 Å². The fourth-order valence-corrected chi connectivity index (χ4v) is 3.55. The van der Waals surface area contributed by atoms with E-state index in [0.29, 0.717) is 34.8 Å². The van der Waals surface area contributed by atoms with Crippen LogP contribution < -0.4 is 4.90 Å². The number of pyridine rings is 1. The zero-order valence-electron chi connectivity index (χ0n) is 15.5. The van der Waals surface area contributed by atoms with Crippen molar-refractivity contribution in [2.45, 2.75) is 12.3 Å². The Morgan fingerprint density at radius 3 is 2.66 bits per heavy atom. The van der Waals surface area contributed by atoms with Crippen LogP contribution in [0.5, 0.6) is 0 Å². The van der Waals surface area contributed by atoms with Crippen molar-refractivity contribution in [3.63, 3.8) is 0 Å². The number of fused-ring (bicyclic) bond motifs is 1. The van der Waals surface area contributed by atoms with Crippen molar-refractivity contribution in [3.05, 3.63) is 94.8 Å². The van der Waals surface area contributed by atoms with Crippen molar-refractivity contribution < 1.29 is 9.59 Å². The number of rotatable bonds is 5. The van der Waals surface area contributed by atoms with E-state index in [0.717, 1.165) is 5.69 Å². The Kier molecular flexibility index (Phi) is 5.49. The van der Waals surface area contributed by atoms with Gasteiger partial charge in [0.15, 0.2) is 0 Å². The van der Waals surface area contributed by atoms with Crippen molar-refractivity contribution >= 4 is 35.3 Å². The number of imide groups is 1. The second-order valence-electron chi connectivity index (χ2n) is 6.65. The Hall–Kier alpha value is -3.31. The van der Waals surface area contributed by atoms with Crippen LogP contribution in [0.25, 0.3) is 0 Å². The molecule has 0 aliphatic carbocycles. The number of benzene rings is 2. The summed E-state index contributed by atoms with van der Waals surface area (Å²) < 4.78 is 0. The summed E-state index contributed by atoms with van der Waals surface area (Å²) >= 11 is 6.08. The zero-order chi connectivity index (χ0) is 20.2. The summed E-state index contributed by atoms with van der Waals surface area (Å²) in [7, 11) is 0. The molecule has 6 heteroatoms. The maximum absolute atomic E-state index is 13.2. The Labute approximate surface area is 173 Å². The molecule has 0 radical (unpaired) electrons. The smallest absolute Gasteiger partial charge is 0.265 e. The van der Waals surface area contributed by atoms with E-state index in [1.54, 1.807) is 54.9 Å². The number of hydrogen-bond acceptors (Lipinski definition) is 4. The molecule has 0 spiro atoms.